The number of pyridine rings is 1. The van der Waals surface area contributed by atoms with E-state index in [4.69, 9.17) is 0 Å². The SMILES string of the molecule is Oc1ccc(-c2nnc3cccc(Br)n23)cc1. The van der Waals surface area contributed by atoms with Gasteiger partial charge in [-0.1, -0.05) is 6.07 Å². The van der Waals surface area contributed by atoms with Crippen LogP contribution in [0.25, 0.3) is 17.0 Å². The zero-order valence-electron chi connectivity index (χ0n) is 8.71. The predicted octanol–water partition coefficient (Wildman–Crippen LogP) is 2.86. The van der Waals surface area contributed by atoms with Crippen LogP contribution in [0.1, 0.15) is 0 Å². The Balaban J connectivity index is 2.27. The molecular formula is C12H8BrN3O. The Morgan fingerprint density at radius 1 is 1.00 bits per heavy atom. The van der Waals surface area contributed by atoms with Crippen LogP contribution >= 0.6 is 15.9 Å². The molecule has 2 heterocycles. The van der Waals surface area contributed by atoms with Crippen molar-refractivity contribution in [3.63, 3.8) is 0 Å². The molecule has 0 amide bonds. The van der Waals surface area contributed by atoms with E-state index >= 15 is 0 Å². The maximum atomic E-state index is 9.27. The molecule has 84 valence electrons. The Hall–Kier alpha value is -1.88. The molecule has 0 aliphatic rings. The maximum Gasteiger partial charge on any atom is 0.169 e. The Bertz CT molecular complexity index is 676. The molecule has 0 aliphatic heterocycles. The summed E-state index contributed by atoms with van der Waals surface area (Å²) < 4.78 is 2.80. The molecule has 0 radical (unpaired) electrons. The van der Waals surface area contributed by atoms with Gasteiger partial charge in [-0.25, -0.2) is 0 Å². The second-order valence-electron chi connectivity index (χ2n) is 3.61. The van der Waals surface area contributed by atoms with Gasteiger partial charge in [0.15, 0.2) is 11.5 Å². The summed E-state index contributed by atoms with van der Waals surface area (Å²) in [6.07, 6.45) is 0. The molecule has 0 saturated heterocycles. The second kappa shape index (κ2) is 3.85. The van der Waals surface area contributed by atoms with E-state index in [1.165, 1.54) is 0 Å². The van der Waals surface area contributed by atoms with Crippen molar-refractivity contribution in [1.82, 2.24) is 14.6 Å². The summed E-state index contributed by atoms with van der Waals surface area (Å²) in [5.74, 6) is 0.981. The van der Waals surface area contributed by atoms with Crippen LogP contribution in [0.3, 0.4) is 0 Å². The molecule has 0 atom stereocenters. The molecule has 0 aliphatic carbocycles. The van der Waals surface area contributed by atoms with Crippen LogP contribution in [0.15, 0.2) is 47.1 Å². The molecule has 3 aromatic rings. The third-order valence-corrected chi connectivity index (χ3v) is 3.13. The number of phenols is 1. The Morgan fingerprint density at radius 2 is 1.76 bits per heavy atom. The number of aromatic nitrogens is 3. The smallest absolute Gasteiger partial charge is 0.169 e. The van der Waals surface area contributed by atoms with Gasteiger partial charge in [-0.2, -0.15) is 0 Å². The van der Waals surface area contributed by atoms with Crippen molar-refractivity contribution in [1.29, 1.82) is 0 Å². The van der Waals surface area contributed by atoms with Gasteiger partial charge in [0, 0.05) is 5.56 Å². The van der Waals surface area contributed by atoms with Crippen LogP contribution in [0.2, 0.25) is 0 Å². The molecule has 0 unspecified atom stereocenters. The molecule has 3 rings (SSSR count). The van der Waals surface area contributed by atoms with Crippen LogP contribution in [0.4, 0.5) is 0 Å². The topological polar surface area (TPSA) is 50.4 Å². The van der Waals surface area contributed by atoms with Crippen molar-refractivity contribution in [3.05, 3.63) is 47.1 Å². The molecule has 0 spiro atoms. The third kappa shape index (κ3) is 1.68. The van der Waals surface area contributed by atoms with Gasteiger partial charge >= 0.3 is 0 Å². The first-order valence-corrected chi connectivity index (χ1v) is 5.84. The Labute approximate surface area is 106 Å². The summed E-state index contributed by atoms with van der Waals surface area (Å²) in [5, 5.41) is 17.5. The molecular weight excluding hydrogens is 282 g/mol. The zero-order chi connectivity index (χ0) is 11.8. The normalized spacial score (nSPS) is 10.9. The molecule has 4 nitrogen and oxygen atoms in total. The summed E-state index contributed by atoms with van der Waals surface area (Å²) in [6.45, 7) is 0. The fourth-order valence-corrected chi connectivity index (χ4v) is 2.20. The monoisotopic (exact) mass is 289 g/mol. The number of nitrogens with zero attached hydrogens (tertiary/aromatic N) is 3. The van der Waals surface area contributed by atoms with Crippen molar-refractivity contribution >= 4 is 21.6 Å². The predicted molar refractivity (Wildman–Crippen MR) is 67.8 cm³/mol. The third-order valence-electron chi connectivity index (χ3n) is 2.51. The standard InChI is InChI=1S/C12H8BrN3O/c13-10-2-1-3-11-14-15-12(16(10)11)8-4-6-9(17)7-5-8/h1-7,17H. The largest absolute Gasteiger partial charge is 0.508 e. The Kier molecular flexibility index (Phi) is 2.33. The van der Waals surface area contributed by atoms with Gasteiger partial charge in [-0.3, -0.25) is 4.40 Å². The minimum absolute atomic E-state index is 0.238. The van der Waals surface area contributed by atoms with Crippen molar-refractivity contribution < 1.29 is 5.11 Å². The van der Waals surface area contributed by atoms with E-state index in [9.17, 15) is 5.11 Å². The fourth-order valence-electron chi connectivity index (χ4n) is 1.70. The number of hydrogen-bond acceptors (Lipinski definition) is 3. The average Bonchev–Trinajstić information content (AvgIpc) is 2.75. The van der Waals surface area contributed by atoms with Gasteiger partial charge in [-0.05, 0) is 52.3 Å². The van der Waals surface area contributed by atoms with Crippen LogP contribution < -0.4 is 0 Å². The van der Waals surface area contributed by atoms with Gasteiger partial charge in [0.2, 0.25) is 0 Å². The van der Waals surface area contributed by atoms with Crippen LogP contribution in [-0.2, 0) is 0 Å². The lowest BCUT2D eigenvalue weighted by atomic mass is 10.2. The van der Waals surface area contributed by atoms with E-state index in [-0.39, 0.29) is 5.75 Å². The highest BCUT2D eigenvalue weighted by Crippen LogP contribution is 2.23. The fraction of sp³-hybridized carbons (Fsp3) is 0. The molecule has 17 heavy (non-hydrogen) atoms. The minimum atomic E-state index is 0.238. The lowest BCUT2D eigenvalue weighted by Gasteiger charge is -2.02. The van der Waals surface area contributed by atoms with Crippen LogP contribution in [0, 0.1) is 0 Å². The van der Waals surface area contributed by atoms with Crippen LogP contribution in [0.5, 0.6) is 5.75 Å². The van der Waals surface area contributed by atoms with Crippen molar-refractivity contribution in [3.8, 4) is 17.1 Å². The highest BCUT2D eigenvalue weighted by Gasteiger charge is 2.09. The molecule has 0 fully saturated rings. The first-order chi connectivity index (χ1) is 8.25. The van der Waals surface area contributed by atoms with Crippen molar-refractivity contribution in [2.45, 2.75) is 0 Å². The summed E-state index contributed by atoms with van der Waals surface area (Å²) in [7, 11) is 0. The highest BCUT2D eigenvalue weighted by atomic mass is 79.9. The molecule has 2 aromatic heterocycles. The number of halogens is 1. The van der Waals surface area contributed by atoms with Gasteiger partial charge in [0.1, 0.15) is 5.75 Å². The summed E-state index contributed by atoms with van der Waals surface area (Å²) >= 11 is 3.47. The van der Waals surface area contributed by atoms with E-state index in [1.54, 1.807) is 12.1 Å². The summed E-state index contributed by atoms with van der Waals surface area (Å²) in [5.41, 5.74) is 1.68. The summed E-state index contributed by atoms with van der Waals surface area (Å²) in [6, 6.07) is 12.6. The second-order valence-corrected chi connectivity index (χ2v) is 4.43. The first-order valence-electron chi connectivity index (χ1n) is 5.05. The molecule has 0 saturated carbocycles. The average molecular weight is 290 g/mol. The number of hydrogen-bond donors (Lipinski definition) is 1. The van der Waals surface area contributed by atoms with E-state index in [0.717, 1.165) is 21.6 Å². The summed E-state index contributed by atoms with van der Waals surface area (Å²) in [4.78, 5) is 0. The highest BCUT2D eigenvalue weighted by molar-refractivity contribution is 9.10. The molecule has 5 heteroatoms. The number of aromatic hydroxyl groups is 1. The molecule has 1 N–H and O–H groups in total. The van der Waals surface area contributed by atoms with Gasteiger partial charge in [0.25, 0.3) is 0 Å². The minimum Gasteiger partial charge on any atom is -0.508 e. The zero-order valence-corrected chi connectivity index (χ0v) is 10.3. The lowest BCUT2D eigenvalue weighted by Crippen LogP contribution is -1.90. The number of phenolic OH excluding ortho intramolecular Hbond substituents is 1. The lowest BCUT2D eigenvalue weighted by molar-refractivity contribution is 0.475. The van der Waals surface area contributed by atoms with Crippen LogP contribution in [-0.4, -0.2) is 19.7 Å². The van der Waals surface area contributed by atoms with Gasteiger partial charge in [0.05, 0.1) is 4.60 Å². The molecule has 0 bridgehead atoms. The molecule has 1 aromatic carbocycles. The first kappa shape index (κ1) is 10.3. The maximum absolute atomic E-state index is 9.27. The van der Waals surface area contributed by atoms with E-state index in [0.29, 0.717) is 0 Å². The number of rotatable bonds is 1. The van der Waals surface area contributed by atoms with Gasteiger partial charge < -0.3 is 5.11 Å². The van der Waals surface area contributed by atoms with Crippen molar-refractivity contribution in [2.75, 3.05) is 0 Å². The van der Waals surface area contributed by atoms with E-state index in [2.05, 4.69) is 26.1 Å². The quantitative estimate of drug-likeness (QED) is 0.701. The van der Waals surface area contributed by atoms with E-state index in [1.807, 2.05) is 34.7 Å². The van der Waals surface area contributed by atoms with E-state index < -0.39 is 0 Å². The number of benzene rings is 1. The number of fused-ring (bicyclic) bond motifs is 1. The Morgan fingerprint density at radius 3 is 2.53 bits per heavy atom. The van der Waals surface area contributed by atoms with Crippen molar-refractivity contribution in [2.24, 2.45) is 0 Å². The van der Waals surface area contributed by atoms with Gasteiger partial charge in [-0.15, -0.1) is 10.2 Å².